The summed E-state index contributed by atoms with van der Waals surface area (Å²) in [4.78, 5) is 3.33. The molecule has 2 rings (SSSR count). The highest BCUT2D eigenvalue weighted by atomic mass is 32.2. The number of sulfonamides is 1. The minimum atomic E-state index is -4.21. The van der Waals surface area contributed by atoms with Crippen LogP contribution < -0.4 is 4.72 Å². The van der Waals surface area contributed by atoms with Crippen LogP contribution in [0.1, 0.15) is 17.0 Å². The van der Waals surface area contributed by atoms with E-state index in [1.807, 2.05) is 0 Å². The molecule has 2 aromatic rings. The number of aliphatic hydroxyl groups is 1. The number of aryl methyl sites for hydroxylation is 2. The number of hydrogen-bond acceptors (Lipinski definition) is 6. The molecular weight excluding hydrogens is 299 g/mol. The third kappa shape index (κ3) is 3.31. The van der Waals surface area contributed by atoms with Crippen LogP contribution in [0, 0.1) is 19.7 Å². The Morgan fingerprint density at radius 3 is 2.57 bits per heavy atom. The fraction of sp³-hybridized carbons (Fsp3) is 0.250. The van der Waals surface area contributed by atoms with Crippen LogP contribution in [0.2, 0.25) is 0 Å². The molecular formula is C12H13FN4O3S. The Balaban J connectivity index is 2.40. The lowest BCUT2D eigenvalue weighted by Gasteiger charge is -2.09. The SMILES string of the molecule is Cc1nnc(NS(=O)(=O)c2cc(CO)ccc2F)nc1C. The van der Waals surface area contributed by atoms with E-state index < -0.39 is 27.3 Å². The van der Waals surface area contributed by atoms with Crippen molar-refractivity contribution in [2.24, 2.45) is 0 Å². The van der Waals surface area contributed by atoms with Gasteiger partial charge < -0.3 is 5.11 Å². The average molecular weight is 312 g/mol. The smallest absolute Gasteiger partial charge is 0.267 e. The Bertz CT molecular complexity index is 780. The highest BCUT2D eigenvalue weighted by molar-refractivity contribution is 7.92. The van der Waals surface area contributed by atoms with E-state index in [-0.39, 0.29) is 11.5 Å². The van der Waals surface area contributed by atoms with Gasteiger partial charge in [-0.05, 0) is 31.5 Å². The molecule has 0 amide bonds. The van der Waals surface area contributed by atoms with Crippen molar-refractivity contribution in [3.05, 3.63) is 41.0 Å². The van der Waals surface area contributed by atoms with E-state index in [0.717, 1.165) is 12.1 Å². The molecule has 9 heteroatoms. The molecule has 0 atom stereocenters. The van der Waals surface area contributed by atoms with E-state index in [9.17, 15) is 12.8 Å². The molecule has 0 unspecified atom stereocenters. The van der Waals surface area contributed by atoms with E-state index in [2.05, 4.69) is 19.9 Å². The fourth-order valence-corrected chi connectivity index (χ4v) is 2.60. The number of anilines is 1. The molecule has 0 bridgehead atoms. The summed E-state index contributed by atoms with van der Waals surface area (Å²) in [5, 5.41) is 16.3. The lowest BCUT2D eigenvalue weighted by atomic mass is 10.2. The molecule has 0 aliphatic heterocycles. The largest absolute Gasteiger partial charge is 0.392 e. The number of rotatable bonds is 4. The summed E-state index contributed by atoms with van der Waals surface area (Å²) in [6.07, 6.45) is 0. The zero-order chi connectivity index (χ0) is 15.6. The summed E-state index contributed by atoms with van der Waals surface area (Å²) in [5.74, 6) is -1.18. The molecule has 0 aliphatic carbocycles. The highest BCUT2D eigenvalue weighted by Gasteiger charge is 2.21. The Kier molecular flexibility index (Phi) is 4.14. The van der Waals surface area contributed by atoms with Gasteiger partial charge in [0.1, 0.15) is 10.7 Å². The Morgan fingerprint density at radius 2 is 1.95 bits per heavy atom. The van der Waals surface area contributed by atoms with Gasteiger partial charge in [0.05, 0.1) is 18.0 Å². The van der Waals surface area contributed by atoms with Gasteiger partial charge in [0, 0.05) is 0 Å². The number of halogens is 1. The monoisotopic (exact) mass is 312 g/mol. The topological polar surface area (TPSA) is 105 Å². The normalized spacial score (nSPS) is 11.4. The van der Waals surface area contributed by atoms with Crippen molar-refractivity contribution < 1.29 is 17.9 Å². The van der Waals surface area contributed by atoms with E-state index in [1.54, 1.807) is 13.8 Å². The van der Waals surface area contributed by atoms with Gasteiger partial charge in [-0.3, -0.25) is 0 Å². The van der Waals surface area contributed by atoms with E-state index in [4.69, 9.17) is 5.11 Å². The molecule has 0 aliphatic rings. The summed E-state index contributed by atoms with van der Waals surface area (Å²) in [5.41, 5.74) is 1.34. The van der Waals surface area contributed by atoms with Crippen molar-refractivity contribution in [1.82, 2.24) is 15.2 Å². The van der Waals surface area contributed by atoms with Crippen LogP contribution >= 0.6 is 0 Å². The van der Waals surface area contributed by atoms with Gasteiger partial charge in [-0.15, -0.1) is 5.10 Å². The van der Waals surface area contributed by atoms with E-state index >= 15 is 0 Å². The molecule has 0 spiro atoms. The van der Waals surface area contributed by atoms with Crippen molar-refractivity contribution in [2.75, 3.05) is 4.72 Å². The second-order valence-corrected chi connectivity index (χ2v) is 5.99. The van der Waals surface area contributed by atoms with Gasteiger partial charge in [-0.1, -0.05) is 6.07 Å². The van der Waals surface area contributed by atoms with Gasteiger partial charge in [-0.2, -0.15) is 5.10 Å². The summed E-state index contributed by atoms with van der Waals surface area (Å²) < 4.78 is 40.0. The number of aromatic nitrogens is 3. The van der Waals surface area contributed by atoms with Crippen LogP contribution in [0.4, 0.5) is 10.3 Å². The van der Waals surface area contributed by atoms with Crippen LogP contribution in [0.15, 0.2) is 23.1 Å². The van der Waals surface area contributed by atoms with E-state index in [0.29, 0.717) is 11.4 Å². The van der Waals surface area contributed by atoms with Gasteiger partial charge in [0.15, 0.2) is 0 Å². The Hall–Kier alpha value is -2.13. The maximum atomic E-state index is 13.7. The summed E-state index contributed by atoms with van der Waals surface area (Å²) in [7, 11) is -4.21. The predicted octanol–water partition coefficient (Wildman–Crippen LogP) is 0.921. The maximum Gasteiger partial charge on any atom is 0.267 e. The number of nitrogens with one attached hydrogen (secondary N) is 1. The summed E-state index contributed by atoms with van der Waals surface area (Å²) >= 11 is 0. The molecule has 1 aromatic heterocycles. The number of aliphatic hydroxyl groups excluding tert-OH is 1. The molecule has 112 valence electrons. The van der Waals surface area contributed by atoms with Crippen LogP contribution in [0.25, 0.3) is 0 Å². The first kappa shape index (κ1) is 15.3. The maximum absolute atomic E-state index is 13.7. The lowest BCUT2D eigenvalue weighted by molar-refractivity contribution is 0.281. The van der Waals surface area contributed by atoms with Crippen LogP contribution in [-0.2, 0) is 16.6 Å². The van der Waals surface area contributed by atoms with Gasteiger partial charge in [-0.25, -0.2) is 22.5 Å². The minimum absolute atomic E-state index is 0.244. The molecule has 7 nitrogen and oxygen atoms in total. The van der Waals surface area contributed by atoms with Crippen molar-refractivity contribution in [3.8, 4) is 0 Å². The van der Waals surface area contributed by atoms with Gasteiger partial charge >= 0.3 is 0 Å². The Morgan fingerprint density at radius 1 is 1.24 bits per heavy atom. The summed E-state index contributed by atoms with van der Waals surface area (Å²) in [6.45, 7) is 2.93. The minimum Gasteiger partial charge on any atom is -0.392 e. The van der Waals surface area contributed by atoms with Crippen molar-refractivity contribution in [2.45, 2.75) is 25.3 Å². The highest BCUT2D eigenvalue weighted by Crippen LogP contribution is 2.19. The second kappa shape index (κ2) is 5.70. The zero-order valence-electron chi connectivity index (χ0n) is 11.3. The third-order valence-corrected chi connectivity index (χ3v) is 4.13. The molecule has 0 radical (unpaired) electrons. The molecule has 1 heterocycles. The quantitative estimate of drug-likeness (QED) is 0.870. The number of hydrogen-bond donors (Lipinski definition) is 2. The Labute approximate surface area is 120 Å². The van der Waals surface area contributed by atoms with Gasteiger partial charge in [0.2, 0.25) is 0 Å². The van der Waals surface area contributed by atoms with Crippen LogP contribution in [0.5, 0.6) is 0 Å². The molecule has 0 saturated heterocycles. The molecule has 0 fully saturated rings. The summed E-state index contributed by atoms with van der Waals surface area (Å²) in [6, 6.07) is 3.31. The molecule has 1 aromatic carbocycles. The molecule has 0 saturated carbocycles. The van der Waals surface area contributed by atoms with Crippen molar-refractivity contribution in [1.29, 1.82) is 0 Å². The van der Waals surface area contributed by atoms with Crippen LogP contribution in [0.3, 0.4) is 0 Å². The first-order chi connectivity index (χ1) is 9.83. The van der Waals surface area contributed by atoms with Crippen molar-refractivity contribution in [3.63, 3.8) is 0 Å². The van der Waals surface area contributed by atoms with Gasteiger partial charge in [0.25, 0.3) is 16.0 Å². The first-order valence-corrected chi connectivity index (χ1v) is 7.42. The second-order valence-electron chi connectivity index (χ2n) is 4.33. The average Bonchev–Trinajstić information content (AvgIpc) is 2.43. The van der Waals surface area contributed by atoms with Crippen LogP contribution in [-0.4, -0.2) is 28.7 Å². The number of benzene rings is 1. The standard InChI is InChI=1S/C12H13FN4O3S/c1-7-8(2)15-16-12(14-7)17-21(19,20)11-5-9(6-18)3-4-10(11)13/h3-5,18H,6H2,1-2H3,(H,14,16,17). The lowest BCUT2D eigenvalue weighted by Crippen LogP contribution is -2.18. The fourth-order valence-electron chi connectivity index (χ4n) is 1.53. The first-order valence-electron chi connectivity index (χ1n) is 5.93. The molecule has 2 N–H and O–H groups in total. The van der Waals surface area contributed by atoms with E-state index in [1.165, 1.54) is 6.07 Å². The molecule has 21 heavy (non-hydrogen) atoms. The van der Waals surface area contributed by atoms with Crippen molar-refractivity contribution >= 4 is 16.0 Å². The number of nitrogens with zero attached hydrogens (tertiary/aromatic N) is 3. The third-order valence-electron chi connectivity index (χ3n) is 2.79. The predicted molar refractivity (Wildman–Crippen MR) is 72.4 cm³/mol. The zero-order valence-corrected chi connectivity index (χ0v) is 12.1.